The molecule has 25 heavy (non-hydrogen) atoms. The lowest BCUT2D eigenvalue weighted by atomic mass is 9.90. The monoisotopic (exact) mass is 422 g/mol. The molecule has 0 amide bonds. The number of rotatable bonds is 5. The van der Waals surface area contributed by atoms with E-state index in [0.29, 0.717) is 5.92 Å². The minimum absolute atomic E-state index is 0. The third kappa shape index (κ3) is 7.02. The van der Waals surface area contributed by atoms with Crippen LogP contribution in [0.5, 0.6) is 5.75 Å². The van der Waals surface area contributed by atoms with Crippen molar-refractivity contribution in [3.8, 4) is 5.75 Å². The number of ether oxygens (including phenoxy) is 1. The highest BCUT2D eigenvalue weighted by molar-refractivity contribution is 6.32. The molecule has 1 aromatic carbocycles. The van der Waals surface area contributed by atoms with Crippen LogP contribution in [0, 0.1) is 5.92 Å². The number of hydrogen-bond acceptors (Lipinski definition) is 3. The van der Waals surface area contributed by atoms with E-state index < -0.39 is 6.36 Å². The third-order valence-corrected chi connectivity index (χ3v) is 4.55. The van der Waals surface area contributed by atoms with Gasteiger partial charge in [-0.3, -0.25) is 4.90 Å². The quantitative estimate of drug-likeness (QED) is 0.715. The summed E-state index contributed by atoms with van der Waals surface area (Å²) in [5, 5.41) is 3.30. The van der Waals surface area contributed by atoms with Gasteiger partial charge >= 0.3 is 6.36 Å². The van der Waals surface area contributed by atoms with Gasteiger partial charge in [-0.1, -0.05) is 37.9 Å². The molecule has 1 aliphatic rings. The van der Waals surface area contributed by atoms with Crippen LogP contribution in [0.25, 0.3) is 0 Å². The van der Waals surface area contributed by atoms with Crippen LogP contribution in [-0.4, -0.2) is 37.4 Å². The average Bonchev–Trinajstić information content (AvgIpc) is 2.50. The Bertz CT molecular complexity index is 526. The largest absolute Gasteiger partial charge is 0.573 e. The molecule has 0 spiro atoms. The van der Waals surface area contributed by atoms with Crippen molar-refractivity contribution in [1.82, 2.24) is 10.2 Å². The van der Waals surface area contributed by atoms with Gasteiger partial charge in [0.1, 0.15) is 5.75 Å². The highest BCUT2D eigenvalue weighted by Crippen LogP contribution is 2.36. The van der Waals surface area contributed by atoms with Crippen LogP contribution in [0.15, 0.2) is 18.2 Å². The molecule has 1 heterocycles. The smallest absolute Gasteiger partial charge is 0.404 e. The molecule has 1 aromatic rings. The molecular weight excluding hydrogens is 400 g/mol. The second kappa shape index (κ2) is 10.7. The van der Waals surface area contributed by atoms with Gasteiger partial charge in [0.05, 0.1) is 5.02 Å². The van der Waals surface area contributed by atoms with Crippen LogP contribution in [-0.2, 0) is 0 Å². The van der Waals surface area contributed by atoms with Gasteiger partial charge in [-0.05, 0) is 23.6 Å². The molecule has 0 aromatic heterocycles. The minimum Gasteiger partial charge on any atom is -0.404 e. The van der Waals surface area contributed by atoms with Gasteiger partial charge in [0.15, 0.2) is 0 Å². The Morgan fingerprint density at radius 2 is 1.84 bits per heavy atom. The first-order chi connectivity index (χ1) is 10.8. The minimum atomic E-state index is -4.74. The number of piperazine rings is 1. The summed E-state index contributed by atoms with van der Waals surface area (Å²) in [5.74, 6) is 0.0182. The molecule has 1 unspecified atom stereocenters. The van der Waals surface area contributed by atoms with Gasteiger partial charge in [-0.15, -0.1) is 38.0 Å². The molecule has 9 heteroatoms. The lowest BCUT2D eigenvalue weighted by Crippen LogP contribution is -2.46. The fourth-order valence-corrected chi connectivity index (χ4v) is 3.22. The zero-order valence-electron chi connectivity index (χ0n) is 14.1. The Balaban J connectivity index is 0.00000288. The van der Waals surface area contributed by atoms with Crippen molar-refractivity contribution in [1.29, 1.82) is 0 Å². The number of nitrogens with one attached hydrogen (secondary N) is 1. The van der Waals surface area contributed by atoms with E-state index in [-0.39, 0.29) is 41.6 Å². The summed E-state index contributed by atoms with van der Waals surface area (Å²) in [4.78, 5) is 2.36. The van der Waals surface area contributed by atoms with Crippen molar-refractivity contribution in [2.75, 3.05) is 26.2 Å². The highest BCUT2D eigenvalue weighted by Gasteiger charge is 2.33. The SMILES string of the molecule is CCC(C)[C@H](c1ccc(OC(F)(F)F)c(Cl)c1)N1CCNCC1.Cl.Cl. The molecule has 146 valence electrons. The van der Waals surface area contributed by atoms with Gasteiger partial charge in [0.25, 0.3) is 0 Å². The Hall–Kier alpha value is -0.400. The van der Waals surface area contributed by atoms with Crippen molar-refractivity contribution < 1.29 is 17.9 Å². The molecule has 2 rings (SSSR count). The van der Waals surface area contributed by atoms with E-state index in [4.69, 9.17) is 11.6 Å². The predicted molar refractivity (Wildman–Crippen MR) is 99.3 cm³/mol. The molecule has 0 bridgehead atoms. The van der Waals surface area contributed by atoms with E-state index in [0.717, 1.165) is 38.2 Å². The number of alkyl halides is 3. The van der Waals surface area contributed by atoms with Crippen LogP contribution in [0.3, 0.4) is 0 Å². The molecule has 2 atom stereocenters. The Morgan fingerprint density at radius 3 is 2.32 bits per heavy atom. The normalized spacial score (nSPS) is 17.8. The van der Waals surface area contributed by atoms with Gasteiger partial charge < -0.3 is 10.1 Å². The van der Waals surface area contributed by atoms with Crippen molar-refractivity contribution in [2.45, 2.75) is 32.7 Å². The van der Waals surface area contributed by atoms with Gasteiger partial charge in [-0.2, -0.15) is 0 Å². The standard InChI is InChI=1S/C16H22ClF3N2O.2ClH/c1-3-11(2)15(22-8-6-21-7-9-22)12-4-5-14(13(17)10-12)23-16(18,19)20;;/h4-5,10-11,15,21H,3,6-9H2,1-2H3;2*1H/t11?,15-;;/m1../s1. The Morgan fingerprint density at radius 1 is 1.24 bits per heavy atom. The lowest BCUT2D eigenvalue weighted by Gasteiger charge is -2.38. The van der Waals surface area contributed by atoms with E-state index in [1.54, 1.807) is 12.1 Å². The maximum Gasteiger partial charge on any atom is 0.573 e. The molecule has 3 nitrogen and oxygen atoms in total. The summed E-state index contributed by atoms with van der Waals surface area (Å²) >= 11 is 6.01. The maximum atomic E-state index is 12.4. The second-order valence-electron chi connectivity index (χ2n) is 5.85. The summed E-state index contributed by atoms with van der Waals surface area (Å²) in [5.41, 5.74) is 0.931. The van der Waals surface area contributed by atoms with Crippen LogP contribution in [0.1, 0.15) is 31.9 Å². The van der Waals surface area contributed by atoms with Gasteiger partial charge in [0.2, 0.25) is 0 Å². The number of nitrogens with zero attached hydrogens (tertiary/aromatic N) is 1. The maximum absolute atomic E-state index is 12.4. The van der Waals surface area contributed by atoms with E-state index in [2.05, 4.69) is 28.8 Å². The second-order valence-corrected chi connectivity index (χ2v) is 6.26. The van der Waals surface area contributed by atoms with Crippen molar-refractivity contribution >= 4 is 36.4 Å². The predicted octanol–water partition coefficient (Wildman–Crippen LogP) is 5.07. The Labute approximate surface area is 164 Å². The van der Waals surface area contributed by atoms with Crippen LogP contribution in [0.2, 0.25) is 5.02 Å². The first kappa shape index (κ1) is 24.6. The topological polar surface area (TPSA) is 24.5 Å². The molecule has 1 aliphatic heterocycles. The Kier molecular flexibility index (Phi) is 10.5. The van der Waals surface area contributed by atoms with Gasteiger partial charge in [0, 0.05) is 32.2 Å². The van der Waals surface area contributed by atoms with Crippen LogP contribution < -0.4 is 10.1 Å². The zero-order chi connectivity index (χ0) is 17.0. The molecule has 1 N–H and O–H groups in total. The molecule has 0 saturated carbocycles. The molecular formula is C16H24Cl3F3N2O. The molecule has 1 saturated heterocycles. The number of hydrogen-bond donors (Lipinski definition) is 1. The van der Waals surface area contributed by atoms with E-state index in [9.17, 15) is 13.2 Å². The van der Waals surface area contributed by atoms with E-state index in [1.165, 1.54) is 6.07 Å². The molecule has 0 aliphatic carbocycles. The third-order valence-electron chi connectivity index (χ3n) is 4.25. The lowest BCUT2D eigenvalue weighted by molar-refractivity contribution is -0.274. The fourth-order valence-electron chi connectivity index (χ4n) is 2.99. The molecule has 1 fully saturated rings. The van der Waals surface area contributed by atoms with Crippen molar-refractivity contribution in [3.05, 3.63) is 28.8 Å². The van der Waals surface area contributed by atoms with Gasteiger partial charge in [-0.25, -0.2) is 0 Å². The first-order valence-electron chi connectivity index (χ1n) is 7.81. The van der Waals surface area contributed by atoms with Crippen LogP contribution >= 0.6 is 36.4 Å². The fraction of sp³-hybridized carbons (Fsp3) is 0.625. The van der Waals surface area contributed by atoms with E-state index >= 15 is 0 Å². The first-order valence-corrected chi connectivity index (χ1v) is 8.19. The van der Waals surface area contributed by atoms with Crippen molar-refractivity contribution in [2.24, 2.45) is 5.92 Å². The summed E-state index contributed by atoms with van der Waals surface area (Å²) in [6, 6.07) is 4.73. The molecule has 0 radical (unpaired) electrons. The number of benzene rings is 1. The number of halogens is 6. The summed E-state index contributed by atoms with van der Waals surface area (Å²) < 4.78 is 41.0. The summed E-state index contributed by atoms with van der Waals surface area (Å²) in [7, 11) is 0. The van der Waals surface area contributed by atoms with Crippen molar-refractivity contribution in [3.63, 3.8) is 0 Å². The summed E-state index contributed by atoms with van der Waals surface area (Å²) in [6.45, 7) is 7.91. The van der Waals surface area contributed by atoms with Crippen LogP contribution in [0.4, 0.5) is 13.2 Å². The van der Waals surface area contributed by atoms with E-state index in [1.807, 2.05) is 0 Å². The highest BCUT2D eigenvalue weighted by atomic mass is 35.5. The average molecular weight is 424 g/mol. The summed E-state index contributed by atoms with van der Waals surface area (Å²) in [6.07, 6.45) is -3.76. The zero-order valence-corrected chi connectivity index (χ0v) is 16.5.